The Morgan fingerprint density at radius 3 is 2.47 bits per heavy atom. The molecule has 0 aliphatic carbocycles. The van der Waals surface area contributed by atoms with E-state index in [1.54, 1.807) is 6.20 Å². The molecule has 0 amide bonds. The van der Waals surface area contributed by atoms with Crippen LogP contribution in [0.25, 0.3) is 0 Å². The highest BCUT2D eigenvalue weighted by molar-refractivity contribution is 5.31. The van der Waals surface area contributed by atoms with Gasteiger partial charge < -0.3 is 15.2 Å². The number of aliphatic hydroxyl groups is 1. The van der Waals surface area contributed by atoms with Crippen molar-refractivity contribution in [1.29, 1.82) is 0 Å². The first-order chi connectivity index (χ1) is 9.22. The lowest BCUT2D eigenvalue weighted by molar-refractivity contribution is 0.281. The van der Waals surface area contributed by atoms with Crippen LogP contribution < -0.4 is 10.1 Å². The SMILES string of the molecule is CNC(C)c1ccc(Oc2ccc(CO)cc2)nc1. The predicted octanol–water partition coefficient (Wildman–Crippen LogP) is 2.65. The van der Waals surface area contributed by atoms with Crippen LogP contribution in [0, 0.1) is 0 Å². The summed E-state index contributed by atoms with van der Waals surface area (Å²) in [4.78, 5) is 4.27. The standard InChI is InChI=1S/C15H18N2O2/c1-11(16-2)13-5-8-15(17-9-13)19-14-6-3-12(10-18)4-7-14/h3-9,11,16,18H,10H2,1-2H3. The van der Waals surface area contributed by atoms with Crippen LogP contribution in [0.5, 0.6) is 11.6 Å². The van der Waals surface area contributed by atoms with Crippen molar-refractivity contribution in [3.63, 3.8) is 0 Å². The summed E-state index contributed by atoms with van der Waals surface area (Å²) in [7, 11) is 1.91. The van der Waals surface area contributed by atoms with E-state index in [-0.39, 0.29) is 12.6 Å². The number of pyridine rings is 1. The van der Waals surface area contributed by atoms with Crippen molar-refractivity contribution in [2.75, 3.05) is 7.05 Å². The van der Waals surface area contributed by atoms with Crippen LogP contribution in [0.4, 0.5) is 0 Å². The number of nitrogens with one attached hydrogen (secondary N) is 1. The van der Waals surface area contributed by atoms with Crippen molar-refractivity contribution in [2.45, 2.75) is 19.6 Å². The number of nitrogens with zero attached hydrogens (tertiary/aromatic N) is 1. The van der Waals surface area contributed by atoms with Crippen molar-refractivity contribution in [1.82, 2.24) is 10.3 Å². The summed E-state index contributed by atoms with van der Waals surface area (Å²) in [5.74, 6) is 1.27. The minimum atomic E-state index is 0.0368. The highest BCUT2D eigenvalue weighted by Crippen LogP contribution is 2.21. The summed E-state index contributed by atoms with van der Waals surface area (Å²) < 4.78 is 5.63. The molecule has 0 bridgehead atoms. The maximum Gasteiger partial charge on any atom is 0.219 e. The second kappa shape index (κ2) is 6.31. The lowest BCUT2D eigenvalue weighted by Crippen LogP contribution is -2.12. The van der Waals surface area contributed by atoms with E-state index in [4.69, 9.17) is 9.84 Å². The van der Waals surface area contributed by atoms with Gasteiger partial charge in [-0.05, 0) is 37.2 Å². The summed E-state index contributed by atoms with van der Waals surface area (Å²) in [6.07, 6.45) is 1.80. The number of ether oxygens (including phenoxy) is 1. The smallest absolute Gasteiger partial charge is 0.219 e. The zero-order chi connectivity index (χ0) is 13.7. The monoisotopic (exact) mass is 258 g/mol. The molecule has 0 aliphatic rings. The maximum absolute atomic E-state index is 8.97. The average Bonchev–Trinajstić information content (AvgIpc) is 2.48. The van der Waals surface area contributed by atoms with E-state index in [1.165, 1.54) is 0 Å². The van der Waals surface area contributed by atoms with Gasteiger partial charge in [-0.2, -0.15) is 0 Å². The Morgan fingerprint density at radius 2 is 1.95 bits per heavy atom. The molecule has 1 atom stereocenters. The van der Waals surface area contributed by atoms with Gasteiger partial charge in [-0.25, -0.2) is 4.98 Å². The van der Waals surface area contributed by atoms with Gasteiger partial charge in [0.05, 0.1) is 6.61 Å². The molecule has 0 saturated carbocycles. The molecule has 1 unspecified atom stereocenters. The van der Waals surface area contributed by atoms with Gasteiger partial charge in [0.25, 0.3) is 0 Å². The van der Waals surface area contributed by atoms with Gasteiger partial charge >= 0.3 is 0 Å². The zero-order valence-corrected chi connectivity index (χ0v) is 11.1. The molecule has 0 radical (unpaired) electrons. The molecule has 100 valence electrons. The van der Waals surface area contributed by atoms with E-state index >= 15 is 0 Å². The molecule has 0 saturated heterocycles. The summed E-state index contributed by atoms with van der Waals surface area (Å²) in [5.41, 5.74) is 1.98. The lowest BCUT2D eigenvalue weighted by atomic mass is 10.1. The third kappa shape index (κ3) is 3.53. The van der Waals surface area contributed by atoms with E-state index in [2.05, 4.69) is 17.2 Å². The molecule has 0 aliphatic heterocycles. The van der Waals surface area contributed by atoms with E-state index in [0.717, 1.165) is 11.1 Å². The number of rotatable bonds is 5. The lowest BCUT2D eigenvalue weighted by Gasteiger charge is -2.11. The second-order valence-electron chi connectivity index (χ2n) is 4.34. The largest absolute Gasteiger partial charge is 0.439 e. The normalized spacial score (nSPS) is 12.2. The Hall–Kier alpha value is -1.91. The van der Waals surface area contributed by atoms with Gasteiger partial charge in [0, 0.05) is 18.3 Å². The molecule has 2 rings (SSSR count). The zero-order valence-electron chi connectivity index (χ0n) is 11.1. The van der Waals surface area contributed by atoms with Crippen LogP contribution in [-0.4, -0.2) is 17.1 Å². The number of hydrogen-bond acceptors (Lipinski definition) is 4. The van der Waals surface area contributed by atoms with Crippen LogP contribution >= 0.6 is 0 Å². The molecule has 0 fully saturated rings. The molecular weight excluding hydrogens is 240 g/mol. The Balaban J connectivity index is 2.06. The number of aliphatic hydroxyl groups excluding tert-OH is 1. The minimum Gasteiger partial charge on any atom is -0.439 e. The van der Waals surface area contributed by atoms with Crippen molar-refractivity contribution >= 4 is 0 Å². The third-order valence-electron chi connectivity index (χ3n) is 3.02. The van der Waals surface area contributed by atoms with E-state index in [9.17, 15) is 0 Å². The summed E-state index contributed by atoms with van der Waals surface area (Å²) in [6, 6.07) is 11.4. The van der Waals surface area contributed by atoms with Gasteiger partial charge in [0.2, 0.25) is 5.88 Å². The van der Waals surface area contributed by atoms with Gasteiger partial charge in [-0.3, -0.25) is 0 Å². The molecule has 0 spiro atoms. The Kier molecular flexibility index (Phi) is 4.49. The van der Waals surface area contributed by atoms with Gasteiger partial charge in [-0.15, -0.1) is 0 Å². The molecule has 4 heteroatoms. The fourth-order valence-electron chi connectivity index (χ4n) is 1.66. The number of aromatic nitrogens is 1. The van der Waals surface area contributed by atoms with Crippen molar-refractivity contribution < 1.29 is 9.84 Å². The topological polar surface area (TPSA) is 54.4 Å². The molecule has 1 aromatic heterocycles. The summed E-state index contributed by atoms with van der Waals surface area (Å²) in [5, 5.41) is 12.1. The molecule has 2 aromatic rings. The molecule has 1 heterocycles. The predicted molar refractivity (Wildman–Crippen MR) is 74.2 cm³/mol. The van der Waals surface area contributed by atoms with Gasteiger partial charge in [-0.1, -0.05) is 18.2 Å². The Labute approximate surface area is 113 Å². The fraction of sp³-hybridized carbons (Fsp3) is 0.267. The quantitative estimate of drug-likeness (QED) is 0.865. The summed E-state index contributed by atoms with van der Waals surface area (Å²) in [6.45, 7) is 2.11. The van der Waals surface area contributed by atoms with E-state index in [1.807, 2.05) is 43.4 Å². The average molecular weight is 258 g/mol. The molecule has 19 heavy (non-hydrogen) atoms. The first kappa shape index (κ1) is 13.5. The minimum absolute atomic E-state index is 0.0368. The molecular formula is C15H18N2O2. The van der Waals surface area contributed by atoms with Crippen LogP contribution in [0.2, 0.25) is 0 Å². The fourth-order valence-corrected chi connectivity index (χ4v) is 1.66. The summed E-state index contributed by atoms with van der Waals surface area (Å²) >= 11 is 0. The van der Waals surface area contributed by atoms with Crippen molar-refractivity contribution in [2.24, 2.45) is 0 Å². The highest BCUT2D eigenvalue weighted by Gasteiger charge is 2.04. The number of benzene rings is 1. The van der Waals surface area contributed by atoms with Gasteiger partial charge in [0.1, 0.15) is 5.75 Å². The highest BCUT2D eigenvalue weighted by atomic mass is 16.5. The molecule has 2 N–H and O–H groups in total. The van der Waals surface area contributed by atoms with Crippen molar-refractivity contribution in [3.05, 3.63) is 53.7 Å². The molecule has 1 aromatic carbocycles. The Bertz CT molecular complexity index is 509. The number of hydrogen-bond donors (Lipinski definition) is 2. The van der Waals surface area contributed by atoms with Crippen LogP contribution in [-0.2, 0) is 6.61 Å². The second-order valence-corrected chi connectivity index (χ2v) is 4.34. The van der Waals surface area contributed by atoms with Crippen LogP contribution in [0.1, 0.15) is 24.1 Å². The third-order valence-corrected chi connectivity index (χ3v) is 3.02. The Morgan fingerprint density at radius 1 is 1.21 bits per heavy atom. The first-order valence-corrected chi connectivity index (χ1v) is 6.24. The van der Waals surface area contributed by atoms with Gasteiger partial charge in [0.15, 0.2) is 0 Å². The van der Waals surface area contributed by atoms with E-state index in [0.29, 0.717) is 11.6 Å². The maximum atomic E-state index is 8.97. The van der Waals surface area contributed by atoms with Crippen molar-refractivity contribution in [3.8, 4) is 11.6 Å². The van der Waals surface area contributed by atoms with Crippen LogP contribution in [0.15, 0.2) is 42.6 Å². The molecule has 4 nitrogen and oxygen atoms in total. The van der Waals surface area contributed by atoms with Crippen LogP contribution in [0.3, 0.4) is 0 Å². The van der Waals surface area contributed by atoms with E-state index < -0.39 is 0 Å². The first-order valence-electron chi connectivity index (χ1n) is 6.24.